The molecule has 5 nitrogen and oxygen atoms in total. The number of aryl methyl sites for hydroxylation is 1. The zero-order chi connectivity index (χ0) is 17.6. The van der Waals surface area contributed by atoms with E-state index in [4.69, 9.17) is 4.74 Å². The van der Waals surface area contributed by atoms with Gasteiger partial charge in [-0.1, -0.05) is 25.1 Å². The third-order valence-corrected chi connectivity index (χ3v) is 3.79. The fraction of sp³-hybridized carbons (Fsp3) is 0.158. The van der Waals surface area contributed by atoms with Crippen LogP contribution in [0.4, 0.5) is 4.39 Å². The molecule has 2 aromatic carbocycles. The van der Waals surface area contributed by atoms with Gasteiger partial charge in [-0.25, -0.2) is 9.82 Å². The van der Waals surface area contributed by atoms with E-state index < -0.39 is 5.91 Å². The van der Waals surface area contributed by atoms with Gasteiger partial charge in [0.25, 0.3) is 5.91 Å². The van der Waals surface area contributed by atoms with Crippen molar-refractivity contribution in [3.63, 3.8) is 0 Å². The highest BCUT2D eigenvalue weighted by molar-refractivity contribution is 6.00. The van der Waals surface area contributed by atoms with Crippen LogP contribution in [-0.4, -0.2) is 23.7 Å². The summed E-state index contributed by atoms with van der Waals surface area (Å²) in [5.74, 6) is -0.328. The minimum Gasteiger partial charge on any atom is -0.484 e. The second-order valence-electron chi connectivity index (χ2n) is 5.47. The summed E-state index contributed by atoms with van der Waals surface area (Å²) in [4.78, 5) is 15.0. The molecule has 0 saturated carbocycles. The summed E-state index contributed by atoms with van der Waals surface area (Å²) in [6, 6.07) is 11.5. The van der Waals surface area contributed by atoms with E-state index in [0.29, 0.717) is 5.75 Å². The molecule has 0 aliphatic heterocycles. The Bertz CT molecular complexity index is 901. The molecule has 128 valence electrons. The van der Waals surface area contributed by atoms with Crippen LogP contribution in [0.25, 0.3) is 10.9 Å². The predicted molar refractivity (Wildman–Crippen MR) is 95.3 cm³/mol. The van der Waals surface area contributed by atoms with Crippen molar-refractivity contribution in [3.05, 3.63) is 65.6 Å². The average molecular weight is 339 g/mol. The van der Waals surface area contributed by atoms with Crippen molar-refractivity contribution in [2.24, 2.45) is 5.10 Å². The highest BCUT2D eigenvalue weighted by atomic mass is 19.1. The lowest BCUT2D eigenvalue weighted by molar-refractivity contribution is -0.123. The van der Waals surface area contributed by atoms with Gasteiger partial charge in [0.15, 0.2) is 6.61 Å². The lowest BCUT2D eigenvalue weighted by atomic mass is 10.1. The first-order chi connectivity index (χ1) is 12.2. The smallest absolute Gasteiger partial charge is 0.277 e. The third kappa shape index (κ3) is 4.03. The average Bonchev–Trinajstić information content (AvgIpc) is 3.04. The first-order valence-electron chi connectivity index (χ1n) is 7.96. The lowest BCUT2D eigenvalue weighted by Gasteiger charge is -2.04. The zero-order valence-corrected chi connectivity index (χ0v) is 13.8. The quantitative estimate of drug-likeness (QED) is 0.534. The molecule has 3 rings (SSSR count). The van der Waals surface area contributed by atoms with Crippen molar-refractivity contribution < 1.29 is 13.9 Å². The van der Waals surface area contributed by atoms with Gasteiger partial charge in [-0.3, -0.25) is 4.79 Å². The Balaban J connectivity index is 1.57. The summed E-state index contributed by atoms with van der Waals surface area (Å²) in [5, 5.41) is 5.02. The van der Waals surface area contributed by atoms with Gasteiger partial charge in [0.1, 0.15) is 11.6 Å². The fourth-order valence-corrected chi connectivity index (χ4v) is 2.53. The molecule has 0 aliphatic rings. The minimum atomic E-state index is -0.394. The summed E-state index contributed by atoms with van der Waals surface area (Å²) in [6.45, 7) is 1.90. The molecule has 25 heavy (non-hydrogen) atoms. The molecular weight excluding hydrogens is 321 g/mol. The molecule has 0 unspecified atom stereocenters. The van der Waals surface area contributed by atoms with Gasteiger partial charge in [-0.15, -0.1) is 0 Å². The van der Waals surface area contributed by atoms with Crippen molar-refractivity contribution in [1.29, 1.82) is 0 Å². The highest BCUT2D eigenvalue weighted by Gasteiger charge is 2.05. The first-order valence-corrected chi connectivity index (χ1v) is 7.96. The molecule has 2 N–H and O–H groups in total. The Labute approximate surface area is 144 Å². The van der Waals surface area contributed by atoms with Crippen molar-refractivity contribution in [2.45, 2.75) is 13.3 Å². The highest BCUT2D eigenvalue weighted by Crippen LogP contribution is 2.20. The number of ether oxygens (including phenoxy) is 1. The number of hydrogen-bond donors (Lipinski definition) is 2. The summed E-state index contributed by atoms with van der Waals surface area (Å²) in [7, 11) is 0. The number of aromatic nitrogens is 1. The van der Waals surface area contributed by atoms with Crippen molar-refractivity contribution >= 4 is 23.0 Å². The number of para-hydroxylation sites is 1. The molecule has 0 spiro atoms. The standard InChI is InChI=1S/C19H18FN3O2/c1-2-13-4-3-5-17-14(10-21-19(13)17)11-22-23-18(24)12-25-16-8-6-15(20)7-9-16/h3-11,21H,2,12H2,1H3,(H,23,24)/b22-11+. The normalized spacial score (nSPS) is 11.1. The van der Waals surface area contributed by atoms with Gasteiger partial charge < -0.3 is 9.72 Å². The molecule has 0 radical (unpaired) electrons. The van der Waals surface area contributed by atoms with Crippen molar-refractivity contribution in [1.82, 2.24) is 10.4 Å². The fourth-order valence-electron chi connectivity index (χ4n) is 2.53. The van der Waals surface area contributed by atoms with E-state index in [9.17, 15) is 9.18 Å². The summed E-state index contributed by atoms with van der Waals surface area (Å²) >= 11 is 0. The van der Waals surface area contributed by atoms with Crippen LogP contribution >= 0.6 is 0 Å². The van der Waals surface area contributed by atoms with E-state index in [1.54, 1.807) is 6.21 Å². The van der Waals surface area contributed by atoms with Crippen LogP contribution in [0.3, 0.4) is 0 Å². The number of benzene rings is 2. The van der Waals surface area contributed by atoms with Crippen LogP contribution < -0.4 is 10.2 Å². The van der Waals surface area contributed by atoms with Crippen molar-refractivity contribution in [2.75, 3.05) is 6.61 Å². The van der Waals surface area contributed by atoms with E-state index in [0.717, 1.165) is 22.9 Å². The molecule has 1 amide bonds. The molecule has 1 aromatic heterocycles. The topological polar surface area (TPSA) is 66.5 Å². The maximum Gasteiger partial charge on any atom is 0.277 e. The number of nitrogens with zero attached hydrogens (tertiary/aromatic N) is 1. The van der Waals surface area contributed by atoms with E-state index >= 15 is 0 Å². The maximum absolute atomic E-state index is 12.8. The Morgan fingerprint density at radius 3 is 2.84 bits per heavy atom. The van der Waals surface area contributed by atoms with Gasteiger partial charge in [-0.2, -0.15) is 5.10 Å². The Morgan fingerprint density at radius 1 is 1.28 bits per heavy atom. The summed E-state index contributed by atoms with van der Waals surface area (Å²) < 4.78 is 18.0. The minimum absolute atomic E-state index is 0.198. The molecule has 3 aromatic rings. The van der Waals surface area contributed by atoms with Crippen LogP contribution in [-0.2, 0) is 11.2 Å². The molecule has 1 heterocycles. The Morgan fingerprint density at radius 2 is 2.08 bits per heavy atom. The Hall–Kier alpha value is -3.15. The maximum atomic E-state index is 12.8. The number of carbonyl (C=O) groups is 1. The number of aromatic amines is 1. The second-order valence-corrected chi connectivity index (χ2v) is 5.47. The number of carbonyl (C=O) groups excluding carboxylic acids is 1. The molecule has 6 heteroatoms. The molecule has 0 fully saturated rings. The van der Waals surface area contributed by atoms with Crippen LogP contribution in [0, 0.1) is 5.82 Å². The van der Waals surface area contributed by atoms with E-state index in [1.807, 2.05) is 18.3 Å². The van der Waals surface area contributed by atoms with Gasteiger partial charge in [0.05, 0.1) is 6.21 Å². The largest absolute Gasteiger partial charge is 0.484 e. The van der Waals surface area contributed by atoms with Gasteiger partial charge in [-0.05, 0) is 36.2 Å². The molecule has 0 atom stereocenters. The van der Waals surface area contributed by atoms with Crippen LogP contribution in [0.2, 0.25) is 0 Å². The number of halogens is 1. The Kier molecular flexibility index (Phi) is 5.09. The van der Waals surface area contributed by atoms with Crippen LogP contribution in [0.15, 0.2) is 53.8 Å². The SMILES string of the molecule is CCc1cccc2c(/C=N/NC(=O)COc3ccc(F)cc3)c[nH]c12. The number of H-pyrrole nitrogens is 1. The number of hydrogen-bond acceptors (Lipinski definition) is 3. The van der Waals surface area contributed by atoms with Crippen molar-refractivity contribution in [3.8, 4) is 5.75 Å². The molecular formula is C19H18FN3O2. The lowest BCUT2D eigenvalue weighted by Crippen LogP contribution is -2.24. The summed E-state index contributed by atoms with van der Waals surface area (Å²) in [5.41, 5.74) is 5.62. The van der Waals surface area contributed by atoms with Crippen LogP contribution in [0.1, 0.15) is 18.1 Å². The van der Waals surface area contributed by atoms with Gasteiger partial charge in [0.2, 0.25) is 0 Å². The summed E-state index contributed by atoms with van der Waals surface area (Å²) in [6.07, 6.45) is 4.38. The molecule has 0 aliphatic carbocycles. The van der Waals surface area contributed by atoms with E-state index in [1.165, 1.54) is 29.8 Å². The number of fused-ring (bicyclic) bond motifs is 1. The number of hydrazone groups is 1. The zero-order valence-electron chi connectivity index (χ0n) is 13.8. The monoisotopic (exact) mass is 339 g/mol. The molecule has 0 saturated heterocycles. The first kappa shape index (κ1) is 16.7. The number of amides is 1. The number of nitrogens with one attached hydrogen (secondary N) is 2. The van der Waals surface area contributed by atoms with Crippen LogP contribution in [0.5, 0.6) is 5.75 Å². The van der Waals surface area contributed by atoms with E-state index in [-0.39, 0.29) is 12.4 Å². The number of rotatable bonds is 6. The van der Waals surface area contributed by atoms with E-state index in [2.05, 4.69) is 28.5 Å². The second kappa shape index (κ2) is 7.61. The third-order valence-electron chi connectivity index (χ3n) is 3.79. The molecule has 0 bridgehead atoms. The van der Waals surface area contributed by atoms with Gasteiger partial charge in [0, 0.05) is 22.7 Å². The van der Waals surface area contributed by atoms with Gasteiger partial charge >= 0.3 is 0 Å². The predicted octanol–water partition coefficient (Wildman–Crippen LogP) is 3.40.